The average Bonchev–Trinajstić information content (AvgIpc) is 3.26. The Hall–Kier alpha value is -2.24. The predicted molar refractivity (Wildman–Crippen MR) is 106 cm³/mol. The molecule has 6 heteroatoms. The first-order valence-electron chi connectivity index (χ1n) is 8.77. The second kappa shape index (κ2) is 7.41. The van der Waals surface area contributed by atoms with E-state index in [2.05, 4.69) is 5.32 Å². The highest BCUT2D eigenvalue weighted by Gasteiger charge is 2.51. The van der Waals surface area contributed by atoms with Crippen LogP contribution in [0.3, 0.4) is 0 Å². The number of halogens is 1. The lowest BCUT2D eigenvalue weighted by Gasteiger charge is -2.24. The number of allylic oxidation sites excluding steroid dienone is 2. The smallest absolute Gasteiger partial charge is 0.307 e. The number of aliphatic carboxylic acids is 1. The number of carbonyl (C=O) groups is 2. The lowest BCUT2D eigenvalue weighted by molar-refractivity contribution is -0.146. The lowest BCUT2D eigenvalue weighted by atomic mass is 9.82. The van der Waals surface area contributed by atoms with E-state index in [0.717, 1.165) is 16.2 Å². The molecule has 4 rings (SSSR count). The Balaban J connectivity index is 1.54. The van der Waals surface area contributed by atoms with Crippen LogP contribution in [0.2, 0.25) is 5.02 Å². The predicted octanol–water partition coefficient (Wildman–Crippen LogP) is 4.95. The minimum atomic E-state index is -0.893. The van der Waals surface area contributed by atoms with Crippen LogP contribution >= 0.6 is 23.4 Å². The van der Waals surface area contributed by atoms with E-state index in [0.29, 0.717) is 10.7 Å². The van der Waals surface area contributed by atoms with Crippen molar-refractivity contribution in [3.8, 4) is 0 Å². The maximum atomic E-state index is 12.9. The number of rotatable bonds is 5. The number of benzene rings is 2. The number of para-hydroxylation sites is 1. The van der Waals surface area contributed by atoms with E-state index < -0.39 is 17.8 Å². The quantitative estimate of drug-likeness (QED) is 0.698. The van der Waals surface area contributed by atoms with Gasteiger partial charge in [-0.15, -0.1) is 0 Å². The molecule has 0 heterocycles. The maximum Gasteiger partial charge on any atom is 0.307 e. The van der Waals surface area contributed by atoms with Crippen LogP contribution in [-0.2, 0) is 9.59 Å². The van der Waals surface area contributed by atoms with Gasteiger partial charge in [0, 0.05) is 14.8 Å². The van der Waals surface area contributed by atoms with E-state index in [4.69, 9.17) is 11.6 Å². The minimum Gasteiger partial charge on any atom is -0.481 e. The molecule has 4 atom stereocenters. The molecule has 0 spiro atoms. The topological polar surface area (TPSA) is 66.4 Å². The van der Waals surface area contributed by atoms with E-state index >= 15 is 0 Å². The second-order valence-corrected chi connectivity index (χ2v) is 8.43. The molecule has 2 bridgehead atoms. The number of nitrogens with one attached hydrogen (secondary N) is 1. The number of hydrogen-bond acceptors (Lipinski definition) is 3. The van der Waals surface area contributed by atoms with Gasteiger partial charge < -0.3 is 10.4 Å². The summed E-state index contributed by atoms with van der Waals surface area (Å²) in [5.74, 6) is -2.31. The van der Waals surface area contributed by atoms with E-state index in [9.17, 15) is 14.7 Å². The van der Waals surface area contributed by atoms with E-state index in [1.165, 1.54) is 11.8 Å². The number of carboxylic acid groups (broad SMARTS) is 1. The van der Waals surface area contributed by atoms with Gasteiger partial charge in [-0.1, -0.05) is 47.6 Å². The van der Waals surface area contributed by atoms with Crippen LogP contribution in [0, 0.1) is 23.7 Å². The molecule has 2 aromatic carbocycles. The summed E-state index contributed by atoms with van der Waals surface area (Å²) in [5, 5.41) is 13.2. The zero-order valence-electron chi connectivity index (χ0n) is 14.3. The molecule has 0 unspecified atom stereocenters. The summed E-state index contributed by atoms with van der Waals surface area (Å²) in [6, 6.07) is 15.0. The molecule has 1 fully saturated rings. The number of hydrogen-bond donors (Lipinski definition) is 2. The van der Waals surface area contributed by atoms with Crippen molar-refractivity contribution < 1.29 is 14.7 Å². The van der Waals surface area contributed by atoms with Gasteiger partial charge in [0.1, 0.15) is 0 Å². The maximum absolute atomic E-state index is 12.9. The average molecular weight is 400 g/mol. The molecule has 0 aromatic heterocycles. The zero-order chi connectivity index (χ0) is 19.0. The summed E-state index contributed by atoms with van der Waals surface area (Å²) in [6.07, 6.45) is 4.68. The molecule has 0 saturated heterocycles. The van der Waals surface area contributed by atoms with E-state index in [1.54, 1.807) is 0 Å². The van der Waals surface area contributed by atoms with Crippen LogP contribution in [-0.4, -0.2) is 17.0 Å². The third-order valence-corrected chi connectivity index (χ3v) is 6.57. The third-order valence-electron chi connectivity index (χ3n) is 5.23. The highest BCUT2D eigenvalue weighted by Crippen LogP contribution is 2.48. The normalized spacial score (nSPS) is 25.5. The highest BCUT2D eigenvalue weighted by molar-refractivity contribution is 7.99. The Morgan fingerprint density at radius 1 is 1.00 bits per heavy atom. The molecule has 1 amide bonds. The molecule has 1 saturated carbocycles. The Morgan fingerprint density at radius 2 is 1.67 bits per heavy atom. The van der Waals surface area contributed by atoms with Crippen molar-refractivity contribution >= 4 is 40.9 Å². The molecule has 2 aliphatic carbocycles. The fourth-order valence-electron chi connectivity index (χ4n) is 4.02. The number of carboxylic acids is 1. The van der Waals surface area contributed by atoms with Gasteiger partial charge in [-0.3, -0.25) is 9.59 Å². The minimum absolute atomic E-state index is 0.00665. The van der Waals surface area contributed by atoms with Crippen molar-refractivity contribution in [1.82, 2.24) is 0 Å². The number of anilines is 1. The number of carbonyl (C=O) groups excluding carboxylic acids is 1. The zero-order valence-corrected chi connectivity index (χ0v) is 15.9. The summed E-state index contributed by atoms with van der Waals surface area (Å²) >= 11 is 7.46. The van der Waals surface area contributed by atoms with Gasteiger partial charge in [-0.25, -0.2) is 0 Å². The third kappa shape index (κ3) is 3.62. The fraction of sp³-hybridized carbons (Fsp3) is 0.238. The largest absolute Gasteiger partial charge is 0.481 e. The Bertz CT molecular complexity index is 912. The summed E-state index contributed by atoms with van der Waals surface area (Å²) in [7, 11) is 0. The van der Waals surface area contributed by atoms with Crippen molar-refractivity contribution in [2.24, 2.45) is 23.7 Å². The van der Waals surface area contributed by atoms with Gasteiger partial charge in [0.15, 0.2) is 0 Å². The van der Waals surface area contributed by atoms with Crippen LogP contribution in [0.25, 0.3) is 0 Å². The molecular weight excluding hydrogens is 382 g/mol. The highest BCUT2D eigenvalue weighted by atomic mass is 35.5. The first-order chi connectivity index (χ1) is 13.0. The molecule has 0 radical (unpaired) electrons. The summed E-state index contributed by atoms with van der Waals surface area (Å²) in [5.41, 5.74) is 0.693. The SMILES string of the molecule is O=C(Nc1ccccc1Sc1ccc(Cl)cc1)[C@@H]1[C@H](C(=O)O)[C@H]2C=C[C@H]1C2. The Labute approximate surface area is 166 Å². The molecule has 27 heavy (non-hydrogen) atoms. The molecule has 2 N–H and O–H groups in total. The van der Waals surface area contributed by atoms with E-state index in [1.807, 2.05) is 60.7 Å². The van der Waals surface area contributed by atoms with Gasteiger partial charge in [-0.05, 0) is 54.7 Å². The molecule has 2 aliphatic rings. The van der Waals surface area contributed by atoms with Gasteiger partial charge in [0.25, 0.3) is 0 Å². The van der Waals surface area contributed by atoms with Crippen molar-refractivity contribution in [1.29, 1.82) is 0 Å². The first kappa shape index (κ1) is 18.1. The summed E-state index contributed by atoms with van der Waals surface area (Å²) < 4.78 is 0. The van der Waals surface area contributed by atoms with Crippen LogP contribution in [0.1, 0.15) is 6.42 Å². The Morgan fingerprint density at radius 3 is 2.37 bits per heavy atom. The molecule has 4 nitrogen and oxygen atoms in total. The monoisotopic (exact) mass is 399 g/mol. The van der Waals surface area contributed by atoms with Crippen LogP contribution in [0.5, 0.6) is 0 Å². The van der Waals surface area contributed by atoms with Gasteiger partial charge in [-0.2, -0.15) is 0 Å². The summed E-state index contributed by atoms with van der Waals surface area (Å²) in [6.45, 7) is 0. The molecule has 2 aromatic rings. The van der Waals surface area contributed by atoms with Crippen LogP contribution in [0.15, 0.2) is 70.5 Å². The molecule has 138 valence electrons. The number of fused-ring (bicyclic) bond motifs is 2. The van der Waals surface area contributed by atoms with E-state index in [-0.39, 0.29) is 17.7 Å². The van der Waals surface area contributed by atoms with Crippen molar-refractivity contribution in [2.75, 3.05) is 5.32 Å². The van der Waals surface area contributed by atoms with Crippen molar-refractivity contribution in [3.63, 3.8) is 0 Å². The lowest BCUT2D eigenvalue weighted by Crippen LogP contribution is -2.36. The van der Waals surface area contributed by atoms with Crippen molar-refractivity contribution in [3.05, 3.63) is 65.7 Å². The molecular formula is C21H18ClNO3S. The van der Waals surface area contributed by atoms with Gasteiger partial charge >= 0.3 is 5.97 Å². The van der Waals surface area contributed by atoms with Gasteiger partial charge in [0.2, 0.25) is 5.91 Å². The first-order valence-corrected chi connectivity index (χ1v) is 9.97. The van der Waals surface area contributed by atoms with Crippen LogP contribution in [0.4, 0.5) is 5.69 Å². The Kier molecular flexibility index (Phi) is 4.98. The van der Waals surface area contributed by atoms with Gasteiger partial charge in [0.05, 0.1) is 17.5 Å². The van der Waals surface area contributed by atoms with Crippen molar-refractivity contribution in [2.45, 2.75) is 16.2 Å². The fourth-order valence-corrected chi connectivity index (χ4v) is 5.05. The number of amides is 1. The summed E-state index contributed by atoms with van der Waals surface area (Å²) in [4.78, 5) is 26.5. The second-order valence-electron chi connectivity index (χ2n) is 6.88. The van der Waals surface area contributed by atoms with Crippen LogP contribution < -0.4 is 5.32 Å². The molecule has 0 aliphatic heterocycles. The standard InChI is InChI=1S/C21H18ClNO3S/c22-14-7-9-15(10-8-14)27-17-4-2-1-3-16(17)23-20(24)18-12-5-6-13(11-12)19(18)21(25)26/h1-10,12-13,18-19H,11H2,(H,23,24)(H,25,26)/t12-,13-,18-,19+/m0/s1.